The summed E-state index contributed by atoms with van der Waals surface area (Å²) in [5.74, 6) is 0.825. The van der Waals surface area contributed by atoms with E-state index in [9.17, 15) is 0 Å². The summed E-state index contributed by atoms with van der Waals surface area (Å²) in [6, 6.07) is 39.7. The van der Waals surface area contributed by atoms with E-state index < -0.39 is 13.7 Å². The van der Waals surface area contributed by atoms with Gasteiger partial charge in [0, 0.05) is 74.9 Å². The molecule has 2 aliphatic heterocycles. The fourth-order valence-corrected chi connectivity index (χ4v) is 12.9. The minimum atomic E-state index is -2.39. The molecule has 0 saturated carbocycles. The number of hydrogen-bond donors (Lipinski definition) is 0. The molecule has 4 aliphatic rings. The molecule has 4 aromatic heterocycles. The van der Waals surface area contributed by atoms with Gasteiger partial charge in [-0.25, -0.2) is 0 Å². The summed E-state index contributed by atoms with van der Waals surface area (Å²) in [5.41, 5.74) is 13.3. The maximum atomic E-state index is 8.82. The standard InChI is InChI=1S/C58H48N4O.Pt/c1-31-17-23-43-49-45(31)39-21-19-35(29-41(39)53-59-47-37-15-11-9-13-33(37)25-27-57(7,55(43,3)4)51(47)61(49)53)63-36-20-22-40-42(30-36)54-60-48-38-16-12-10-14-34(38)26-28-58(8)52(48)62(54)50-44(56(58,5)6)24-18-32(2)46(40)50;/h9-24H,25-28H2,1-8H3;/q-2;+2/i1D3,2D3;. The van der Waals surface area contributed by atoms with Crippen LogP contribution in [0.1, 0.15) is 107 Å². The van der Waals surface area contributed by atoms with Gasteiger partial charge in [-0.3, -0.25) is 9.97 Å². The van der Waals surface area contributed by atoms with Crippen molar-refractivity contribution in [1.82, 2.24) is 18.8 Å². The summed E-state index contributed by atoms with van der Waals surface area (Å²) in [7, 11) is 0. The van der Waals surface area contributed by atoms with Gasteiger partial charge in [0.15, 0.2) is 0 Å². The third-order valence-corrected chi connectivity index (χ3v) is 17.1. The van der Waals surface area contributed by atoms with Gasteiger partial charge in [-0.05, 0) is 72.4 Å². The molecular weight excluding hydrogens is 964 g/mol. The molecule has 2 unspecified atom stereocenters. The molecule has 0 N–H and O–H groups in total. The average Bonchev–Trinajstić information content (AvgIpc) is 3.86. The number of aryl methyl sites for hydroxylation is 4. The van der Waals surface area contributed by atoms with E-state index in [2.05, 4.69) is 111 Å². The maximum absolute atomic E-state index is 8.82. The fourth-order valence-electron chi connectivity index (χ4n) is 12.9. The predicted molar refractivity (Wildman–Crippen MR) is 256 cm³/mol. The van der Waals surface area contributed by atoms with Crippen molar-refractivity contribution in [2.45, 2.75) is 103 Å². The van der Waals surface area contributed by atoms with Crippen LogP contribution in [0.5, 0.6) is 11.5 Å². The molecule has 0 spiro atoms. The molecule has 14 rings (SSSR count). The summed E-state index contributed by atoms with van der Waals surface area (Å²) in [6.45, 7) is 9.13. The Morgan fingerprint density at radius 3 is 1.44 bits per heavy atom. The van der Waals surface area contributed by atoms with Gasteiger partial charge in [0.05, 0.1) is 22.7 Å². The Labute approximate surface area is 396 Å². The molecule has 5 nitrogen and oxygen atoms in total. The molecule has 2 atom stereocenters. The third-order valence-electron chi connectivity index (χ3n) is 17.1. The van der Waals surface area contributed by atoms with Gasteiger partial charge >= 0.3 is 21.1 Å². The summed E-state index contributed by atoms with van der Waals surface area (Å²) >= 11 is 0. The van der Waals surface area contributed by atoms with Crippen LogP contribution in [0, 0.1) is 25.8 Å². The van der Waals surface area contributed by atoms with Crippen molar-refractivity contribution in [3.05, 3.63) is 154 Å². The number of imidazole rings is 2. The van der Waals surface area contributed by atoms with E-state index in [0.29, 0.717) is 44.3 Å². The van der Waals surface area contributed by atoms with Crippen LogP contribution in [0.15, 0.2) is 97.1 Å². The Bertz CT molecular complexity index is 3770. The smallest absolute Gasteiger partial charge is 0.497 e. The fraction of sp³-hybridized carbons (Fsp3) is 0.276. The molecule has 0 saturated heterocycles. The zero-order valence-electron chi connectivity index (χ0n) is 42.6. The normalized spacial score (nSPS) is 22.6. The largest absolute Gasteiger partial charge is 2.00 e. The van der Waals surface area contributed by atoms with Crippen LogP contribution in [-0.4, -0.2) is 18.8 Å². The van der Waals surface area contributed by atoms with Gasteiger partial charge < -0.3 is 13.5 Å². The van der Waals surface area contributed by atoms with Crippen LogP contribution >= 0.6 is 0 Å². The molecule has 6 heteroatoms. The topological polar surface area (TPSA) is 43.8 Å². The average molecular weight is 1020 g/mol. The van der Waals surface area contributed by atoms with Crippen molar-refractivity contribution >= 4 is 54.6 Å². The minimum absolute atomic E-state index is 0. The van der Waals surface area contributed by atoms with Gasteiger partial charge in [0.2, 0.25) is 0 Å². The van der Waals surface area contributed by atoms with Crippen molar-refractivity contribution < 1.29 is 34.0 Å². The molecule has 0 radical (unpaired) electrons. The number of fused-ring (bicyclic) bond motifs is 10. The van der Waals surface area contributed by atoms with E-state index in [1.807, 2.05) is 48.5 Å². The van der Waals surface area contributed by atoms with Gasteiger partial charge in [-0.15, -0.1) is 12.1 Å². The van der Waals surface area contributed by atoms with Crippen LogP contribution in [0.3, 0.4) is 0 Å². The molecule has 0 bridgehead atoms. The number of ether oxygens (including phenoxy) is 1. The Kier molecular flexibility index (Phi) is 6.31. The van der Waals surface area contributed by atoms with Gasteiger partial charge in [0.1, 0.15) is 0 Å². The first kappa shape index (κ1) is 32.8. The molecule has 6 heterocycles. The van der Waals surface area contributed by atoms with Crippen LogP contribution < -0.4 is 4.74 Å². The molecule has 2 aliphatic carbocycles. The Balaban J connectivity index is 0.00000480. The van der Waals surface area contributed by atoms with Crippen LogP contribution in [0.2, 0.25) is 0 Å². The first-order valence-electron chi connectivity index (χ1n) is 25.4. The second kappa shape index (κ2) is 12.3. The van der Waals surface area contributed by atoms with E-state index in [0.717, 1.165) is 92.5 Å². The summed E-state index contributed by atoms with van der Waals surface area (Å²) in [6.07, 6.45) is 3.58. The molecular formula is C58H48N4OPt. The second-order valence-electron chi connectivity index (χ2n) is 20.3. The van der Waals surface area contributed by atoms with Crippen molar-refractivity contribution in [3.8, 4) is 34.0 Å². The van der Waals surface area contributed by atoms with Gasteiger partial charge in [-0.2, -0.15) is 0 Å². The predicted octanol–water partition coefficient (Wildman–Crippen LogP) is 13.9. The first-order valence-corrected chi connectivity index (χ1v) is 22.4. The molecule has 0 fully saturated rings. The summed E-state index contributed by atoms with van der Waals surface area (Å²) < 4.78 is 64.3. The summed E-state index contributed by atoms with van der Waals surface area (Å²) in [4.78, 5) is 11.1. The number of rotatable bonds is 2. The number of benzene rings is 6. The molecule has 316 valence electrons. The third kappa shape index (κ3) is 4.36. The molecule has 6 aromatic carbocycles. The Morgan fingerprint density at radius 1 is 0.562 bits per heavy atom. The number of pyridine rings is 2. The van der Waals surface area contributed by atoms with Crippen molar-refractivity contribution in [2.24, 2.45) is 0 Å². The maximum Gasteiger partial charge on any atom is 2.00 e. The number of aromatic nitrogens is 4. The van der Waals surface area contributed by atoms with Crippen molar-refractivity contribution in [1.29, 1.82) is 0 Å². The van der Waals surface area contributed by atoms with E-state index in [1.54, 1.807) is 0 Å². The van der Waals surface area contributed by atoms with Crippen LogP contribution in [-0.2, 0) is 55.6 Å². The van der Waals surface area contributed by atoms with Crippen molar-refractivity contribution in [2.75, 3.05) is 0 Å². The Morgan fingerprint density at radius 2 is 1.00 bits per heavy atom. The van der Waals surface area contributed by atoms with E-state index in [4.69, 9.17) is 22.9 Å². The second-order valence-corrected chi connectivity index (χ2v) is 20.3. The molecule has 0 amide bonds. The van der Waals surface area contributed by atoms with Crippen molar-refractivity contribution in [3.63, 3.8) is 0 Å². The van der Waals surface area contributed by atoms with Crippen LogP contribution in [0.4, 0.5) is 0 Å². The van der Waals surface area contributed by atoms with Gasteiger partial charge in [-0.1, -0.05) is 171 Å². The van der Waals surface area contributed by atoms with Crippen LogP contribution in [0.25, 0.3) is 77.2 Å². The SMILES string of the molecule is [2H]C([2H])([2H])c1ccc2c3c1c1ccc(Oc4[c-]c5c(cc4)c4c(C([2H])([2H])[2H])ccc6c4n4c7c(nc54)-c4ccccc4CCC7(C)C6(C)C)[c-]c1c1nc4c(n13)C(C)(CCc1ccccc1-4)C2(C)C.[Pt+2]. The summed E-state index contributed by atoms with van der Waals surface area (Å²) in [5, 5.41) is 4.18. The first-order chi connectivity index (χ1) is 32.7. The van der Waals surface area contributed by atoms with E-state index in [1.165, 1.54) is 11.1 Å². The molecule has 10 aromatic rings. The monoisotopic (exact) mass is 1020 g/mol. The zero-order chi connectivity index (χ0) is 47.7. The van der Waals surface area contributed by atoms with E-state index in [-0.39, 0.29) is 53.9 Å². The molecule has 64 heavy (non-hydrogen) atoms. The quantitative estimate of drug-likeness (QED) is 0.128. The Hall–Kier alpha value is -5.77. The van der Waals surface area contributed by atoms with Gasteiger partial charge in [0.25, 0.3) is 0 Å². The zero-order valence-corrected chi connectivity index (χ0v) is 38.9. The minimum Gasteiger partial charge on any atom is -0.497 e. The van der Waals surface area contributed by atoms with E-state index >= 15 is 0 Å². The number of nitrogens with zero attached hydrogens (tertiary/aromatic N) is 4. The number of hydrogen-bond acceptors (Lipinski definition) is 3.